The summed E-state index contributed by atoms with van der Waals surface area (Å²) in [6, 6.07) is 74.1. The Hall–Kier alpha value is -7.42. The van der Waals surface area contributed by atoms with Crippen molar-refractivity contribution < 1.29 is 0 Å². The van der Waals surface area contributed by atoms with E-state index in [2.05, 4.69) is 271 Å². The fourth-order valence-corrected chi connectivity index (χ4v) is 10.6. The fraction of sp³-hybridized carbons (Fsp3) is 0.156. The van der Waals surface area contributed by atoms with Gasteiger partial charge in [0.05, 0.1) is 0 Å². The molecule has 0 radical (unpaired) electrons. The average molecular weight is 853 g/mol. The van der Waals surface area contributed by atoms with Crippen LogP contribution in [-0.2, 0) is 16.2 Å². The molecule has 9 aromatic rings. The largest absolute Gasteiger partial charge is 0.310 e. The van der Waals surface area contributed by atoms with Gasteiger partial charge in [-0.25, -0.2) is 0 Å². The predicted octanol–water partition coefficient (Wildman–Crippen LogP) is 17.9. The van der Waals surface area contributed by atoms with Crippen molar-refractivity contribution in [3.8, 4) is 22.3 Å². The lowest BCUT2D eigenvalue weighted by Gasteiger charge is -2.29. The summed E-state index contributed by atoms with van der Waals surface area (Å²) in [5.41, 5.74) is 21.1. The molecule has 0 heterocycles. The molecule has 0 N–H and O–H groups in total. The van der Waals surface area contributed by atoms with E-state index in [4.69, 9.17) is 0 Å². The second-order valence-electron chi connectivity index (χ2n) is 20.3. The average Bonchev–Trinajstić information content (AvgIpc) is 3.69. The van der Waals surface area contributed by atoms with Gasteiger partial charge in [-0.1, -0.05) is 188 Å². The van der Waals surface area contributed by atoms with E-state index in [0.717, 1.165) is 28.4 Å². The van der Waals surface area contributed by atoms with Crippen LogP contribution in [0.4, 0.5) is 34.1 Å². The number of hydrogen-bond donors (Lipinski definition) is 0. The molecule has 0 unspecified atom stereocenters. The van der Waals surface area contributed by atoms with Crippen molar-refractivity contribution in [1.82, 2.24) is 0 Å². The van der Waals surface area contributed by atoms with Crippen molar-refractivity contribution in [2.24, 2.45) is 0 Å². The molecule has 2 aliphatic carbocycles. The Labute approximate surface area is 391 Å². The van der Waals surface area contributed by atoms with Crippen LogP contribution in [0, 0.1) is 0 Å². The van der Waals surface area contributed by atoms with E-state index in [1.165, 1.54) is 77.7 Å². The molecule has 2 nitrogen and oxygen atoms in total. The predicted molar refractivity (Wildman–Crippen MR) is 283 cm³/mol. The SMILES string of the molecule is CC(C)(C)c1ccc(N(c2ccc3c(c2)C(C)(C)c2cc(/C=C/c4ccc5c(c4)C(C)(C)c4cc(N(c6ccccc6)c6ccccc6)ccc4-5)ccc2-3)c2ccc3ccccc3c2)cc1. The zero-order valence-corrected chi connectivity index (χ0v) is 39.1. The molecule has 0 spiro atoms. The number of fused-ring (bicyclic) bond motifs is 7. The number of nitrogens with zero attached hydrogens (tertiary/aromatic N) is 2. The van der Waals surface area contributed by atoms with Crippen LogP contribution in [0.5, 0.6) is 0 Å². The van der Waals surface area contributed by atoms with Crippen molar-refractivity contribution in [2.75, 3.05) is 9.80 Å². The molecular weight excluding hydrogens is 797 g/mol. The van der Waals surface area contributed by atoms with E-state index in [1.807, 2.05) is 0 Å². The zero-order valence-electron chi connectivity index (χ0n) is 39.1. The lowest BCUT2D eigenvalue weighted by atomic mass is 9.81. The Bertz CT molecular complexity index is 3290. The Balaban J connectivity index is 0.892. The molecule has 322 valence electrons. The highest BCUT2D eigenvalue weighted by Gasteiger charge is 2.38. The van der Waals surface area contributed by atoms with Crippen LogP contribution in [0.3, 0.4) is 0 Å². The van der Waals surface area contributed by atoms with Crippen LogP contribution in [0.1, 0.15) is 87.4 Å². The monoisotopic (exact) mass is 852 g/mol. The van der Waals surface area contributed by atoms with Gasteiger partial charge in [0.15, 0.2) is 0 Å². The minimum absolute atomic E-state index is 0.0781. The topological polar surface area (TPSA) is 6.48 Å². The van der Waals surface area contributed by atoms with Crippen LogP contribution < -0.4 is 9.80 Å². The Kier molecular flexibility index (Phi) is 9.78. The molecule has 0 amide bonds. The van der Waals surface area contributed by atoms with Gasteiger partial charge in [-0.05, 0) is 150 Å². The normalized spacial score (nSPS) is 14.2. The van der Waals surface area contributed by atoms with Crippen LogP contribution in [-0.4, -0.2) is 0 Å². The fourth-order valence-electron chi connectivity index (χ4n) is 10.6. The Morgan fingerprint density at radius 2 is 0.697 bits per heavy atom. The van der Waals surface area contributed by atoms with Crippen LogP contribution in [0.2, 0.25) is 0 Å². The summed E-state index contributed by atoms with van der Waals surface area (Å²) >= 11 is 0. The quantitative estimate of drug-likeness (QED) is 0.141. The summed E-state index contributed by atoms with van der Waals surface area (Å²) in [4.78, 5) is 4.78. The number of para-hydroxylation sites is 2. The van der Waals surface area contributed by atoms with E-state index >= 15 is 0 Å². The standard InChI is InChI=1S/C64H56N2/c1-62(2,3)47-27-30-50(31-28-47)66(51-29-26-45-16-14-15-17-46(45)40-51)53-33-37-57-55-35-25-44(39-59(55)64(6,7)61(57)42-53)23-22-43-24-34-54-56-36-32-52(41-60(56)63(4,5)58(54)38-43)65(48-18-10-8-11-19-48)49-20-12-9-13-21-49/h8-42H,1-7H3/b23-22+. The third-order valence-electron chi connectivity index (χ3n) is 14.4. The molecule has 0 saturated heterocycles. The van der Waals surface area contributed by atoms with Crippen molar-refractivity contribution in [1.29, 1.82) is 0 Å². The molecule has 0 saturated carbocycles. The van der Waals surface area contributed by atoms with Gasteiger partial charge in [-0.2, -0.15) is 0 Å². The molecule has 11 rings (SSSR count). The molecular formula is C64H56N2. The second kappa shape index (κ2) is 15.6. The van der Waals surface area contributed by atoms with Gasteiger partial charge >= 0.3 is 0 Å². The first kappa shape index (κ1) is 41.3. The van der Waals surface area contributed by atoms with E-state index < -0.39 is 0 Å². The summed E-state index contributed by atoms with van der Waals surface area (Å²) in [5, 5.41) is 2.48. The van der Waals surface area contributed by atoms with Crippen LogP contribution in [0.25, 0.3) is 45.2 Å². The Morgan fingerprint density at radius 3 is 1.18 bits per heavy atom. The number of hydrogen-bond acceptors (Lipinski definition) is 2. The van der Waals surface area contributed by atoms with Gasteiger partial charge in [0, 0.05) is 45.0 Å². The lowest BCUT2D eigenvalue weighted by molar-refractivity contribution is 0.590. The maximum absolute atomic E-state index is 2.44. The van der Waals surface area contributed by atoms with Crippen LogP contribution in [0.15, 0.2) is 200 Å². The third kappa shape index (κ3) is 7.04. The summed E-state index contributed by atoms with van der Waals surface area (Å²) in [6.45, 7) is 16.4. The van der Waals surface area contributed by atoms with Crippen molar-refractivity contribution in [2.45, 2.75) is 64.7 Å². The lowest BCUT2D eigenvalue weighted by Crippen LogP contribution is -2.17. The van der Waals surface area contributed by atoms with Crippen molar-refractivity contribution in [3.05, 3.63) is 239 Å². The van der Waals surface area contributed by atoms with E-state index in [1.54, 1.807) is 0 Å². The maximum atomic E-state index is 2.44. The highest BCUT2D eigenvalue weighted by Crippen LogP contribution is 2.53. The molecule has 2 heteroatoms. The van der Waals surface area contributed by atoms with Crippen molar-refractivity contribution >= 4 is 57.0 Å². The van der Waals surface area contributed by atoms with Crippen molar-refractivity contribution in [3.63, 3.8) is 0 Å². The number of rotatable bonds is 8. The van der Waals surface area contributed by atoms with Gasteiger partial charge < -0.3 is 9.80 Å². The summed E-state index contributed by atoms with van der Waals surface area (Å²) in [5.74, 6) is 0. The molecule has 0 atom stereocenters. The smallest absolute Gasteiger partial charge is 0.0468 e. The van der Waals surface area contributed by atoms with E-state index in [0.29, 0.717) is 0 Å². The number of anilines is 6. The first-order valence-corrected chi connectivity index (χ1v) is 23.4. The van der Waals surface area contributed by atoms with E-state index in [-0.39, 0.29) is 16.2 Å². The summed E-state index contributed by atoms with van der Waals surface area (Å²) in [7, 11) is 0. The van der Waals surface area contributed by atoms with Gasteiger partial charge in [0.2, 0.25) is 0 Å². The molecule has 0 bridgehead atoms. The highest BCUT2D eigenvalue weighted by molar-refractivity contribution is 5.92. The molecule has 66 heavy (non-hydrogen) atoms. The summed E-state index contributed by atoms with van der Waals surface area (Å²) in [6.07, 6.45) is 4.58. The summed E-state index contributed by atoms with van der Waals surface area (Å²) < 4.78 is 0. The van der Waals surface area contributed by atoms with E-state index in [9.17, 15) is 0 Å². The molecule has 0 aliphatic heterocycles. The second-order valence-corrected chi connectivity index (χ2v) is 20.3. The third-order valence-corrected chi connectivity index (χ3v) is 14.4. The Morgan fingerprint density at radius 1 is 0.333 bits per heavy atom. The molecule has 9 aromatic carbocycles. The van der Waals surface area contributed by atoms with Gasteiger partial charge in [-0.15, -0.1) is 0 Å². The molecule has 0 aromatic heterocycles. The maximum Gasteiger partial charge on any atom is 0.0468 e. The first-order valence-electron chi connectivity index (χ1n) is 23.4. The highest BCUT2D eigenvalue weighted by atomic mass is 15.1. The minimum atomic E-state index is -0.186. The number of benzene rings is 9. The van der Waals surface area contributed by atoms with Gasteiger partial charge in [0.1, 0.15) is 0 Å². The van der Waals surface area contributed by atoms with Crippen LogP contribution >= 0.6 is 0 Å². The molecule has 2 aliphatic rings. The minimum Gasteiger partial charge on any atom is -0.310 e. The molecule has 0 fully saturated rings. The first-order chi connectivity index (χ1) is 31.8. The zero-order chi connectivity index (χ0) is 45.4. The van der Waals surface area contributed by atoms with Gasteiger partial charge in [-0.3, -0.25) is 0 Å². The van der Waals surface area contributed by atoms with Gasteiger partial charge in [0.25, 0.3) is 0 Å².